The number of hydrogen-bond donors (Lipinski definition) is 1. The van der Waals surface area contributed by atoms with Gasteiger partial charge in [-0.1, -0.05) is 4.48 Å². The van der Waals surface area contributed by atoms with Crippen LogP contribution in [0.2, 0.25) is 0 Å². The van der Waals surface area contributed by atoms with Crippen LogP contribution in [0.4, 0.5) is 25.0 Å². The first kappa shape index (κ1) is 13.2. The summed E-state index contributed by atoms with van der Waals surface area (Å²) < 4.78 is 31.6. The third-order valence-corrected chi connectivity index (χ3v) is 1.74. The third-order valence-electron chi connectivity index (χ3n) is 1.74. The van der Waals surface area contributed by atoms with Gasteiger partial charge in [-0.3, -0.25) is 0 Å². The highest BCUT2D eigenvalue weighted by Gasteiger charge is 2.25. The number of benzene rings is 1. The lowest BCUT2D eigenvalue weighted by molar-refractivity contribution is 0.0499. The number of amides is 1. The molecule has 1 aromatic carbocycles. The number of halogens is 2. The van der Waals surface area contributed by atoms with Gasteiger partial charge in [0.05, 0.1) is 0 Å². The summed E-state index contributed by atoms with van der Waals surface area (Å²) in [5, 5.41) is -0.406. The Bertz CT molecular complexity index is 430. The number of rotatable bonds is 1. The third kappa shape index (κ3) is 3.58. The molecule has 0 spiro atoms. The van der Waals surface area contributed by atoms with Crippen LogP contribution < -0.4 is 10.9 Å². The van der Waals surface area contributed by atoms with Crippen molar-refractivity contribution in [3.8, 4) is 0 Å². The average molecular weight is 244 g/mol. The van der Waals surface area contributed by atoms with Crippen LogP contribution in [0.3, 0.4) is 0 Å². The van der Waals surface area contributed by atoms with E-state index in [-0.39, 0.29) is 5.69 Å². The zero-order valence-corrected chi connectivity index (χ0v) is 9.83. The van der Waals surface area contributed by atoms with E-state index in [1.54, 1.807) is 20.8 Å². The van der Waals surface area contributed by atoms with E-state index in [0.29, 0.717) is 0 Å². The van der Waals surface area contributed by atoms with E-state index in [0.717, 1.165) is 12.1 Å². The summed E-state index contributed by atoms with van der Waals surface area (Å²) in [7, 11) is 0. The number of nitrogens with zero attached hydrogens (tertiary/aromatic N) is 1. The number of nitrogen functional groups attached to an aromatic ring is 1. The van der Waals surface area contributed by atoms with Gasteiger partial charge in [0.2, 0.25) is 0 Å². The largest absolute Gasteiger partial charge is 0.443 e. The summed E-state index contributed by atoms with van der Waals surface area (Å²) in [6.07, 6.45) is -1.29. The maximum Gasteiger partial charge on any atom is 0.443 e. The molecular formula is C11H14F2N2O2. The van der Waals surface area contributed by atoms with Crippen LogP contribution >= 0.6 is 0 Å². The second kappa shape index (κ2) is 4.57. The van der Waals surface area contributed by atoms with Crippen molar-refractivity contribution in [2.24, 2.45) is 0 Å². The molecule has 0 saturated carbocycles. The molecule has 94 valence electrons. The maximum absolute atomic E-state index is 13.6. The number of nitrogens with two attached hydrogens (primary N) is 1. The molecule has 1 rings (SSSR count). The van der Waals surface area contributed by atoms with Crippen LogP contribution in [0.25, 0.3) is 0 Å². The fourth-order valence-corrected chi connectivity index (χ4v) is 1.08. The first-order valence-corrected chi connectivity index (χ1v) is 4.94. The molecule has 6 heteroatoms. The van der Waals surface area contributed by atoms with Crippen molar-refractivity contribution in [2.45, 2.75) is 26.4 Å². The second-order valence-corrected chi connectivity index (χ2v) is 4.47. The highest BCUT2D eigenvalue weighted by Crippen LogP contribution is 2.24. The fourth-order valence-electron chi connectivity index (χ4n) is 1.08. The Morgan fingerprint density at radius 2 is 2.00 bits per heavy atom. The van der Waals surface area contributed by atoms with Gasteiger partial charge >= 0.3 is 6.09 Å². The Morgan fingerprint density at radius 1 is 1.41 bits per heavy atom. The summed E-state index contributed by atoms with van der Waals surface area (Å²) in [4.78, 5) is 11.3. The summed E-state index contributed by atoms with van der Waals surface area (Å²) in [5.74, 6) is -0.896. The molecule has 4 nitrogen and oxygen atoms in total. The molecule has 0 heterocycles. The Labute approximate surface area is 97.9 Å². The monoisotopic (exact) mass is 244 g/mol. The summed E-state index contributed by atoms with van der Waals surface area (Å²) in [6.45, 7) is 4.73. The smallest absolute Gasteiger partial charge is 0.442 e. The minimum absolute atomic E-state index is 0.146. The van der Waals surface area contributed by atoms with Gasteiger partial charge in [-0.05, 0) is 39.0 Å². The molecule has 0 unspecified atom stereocenters. The zero-order chi connectivity index (χ0) is 13.2. The van der Waals surface area contributed by atoms with Gasteiger partial charge in [-0.15, -0.1) is 5.12 Å². The minimum atomic E-state index is -1.29. The highest BCUT2D eigenvalue weighted by molar-refractivity contribution is 5.86. The lowest BCUT2D eigenvalue weighted by Gasteiger charge is -2.22. The molecule has 1 aromatic rings. The van der Waals surface area contributed by atoms with E-state index in [4.69, 9.17) is 10.5 Å². The van der Waals surface area contributed by atoms with Crippen LogP contribution in [-0.2, 0) is 4.74 Å². The molecule has 0 aliphatic rings. The van der Waals surface area contributed by atoms with Gasteiger partial charge in [0.15, 0.2) is 0 Å². The van der Waals surface area contributed by atoms with Gasteiger partial charge in [0.25, 0.3) is 0 Å². The Hall–Kier alpha value is -1.85. The summed E-state index contributed by atoms with van der Waals surface area (Å²) in [5.41, 5.74) is 4.09. The standard InChI is InChI=1S/C11H14F2N2O2/c1-11(2,3)17-10(16)15(13)9-6-7(14)4-5-8(9)12/h4-6H,14H2,1-3H3. The van der Waals surface area contributed by atoms with Crippen LogP contribution in [0.15, 0.2) is 18.2 Å². The predicted octanol–water partition coefficient (Wildman–Crippen LogP) is 3.03. The van der Waals surface area contributed by atoms with E-state index in [1.807, 2.05) is 0 Å². The molecule has 0 saturated heterocycles. The SMILES string of the molecule is CC(C)(C)OC(=O)N(F)c1cc(N)ccc1F. The van der Waals surface area contributed by atoms with E-state index in [2.05, 4.69) is 0 Å². The van der Waals surface area contributed by atoms with Crippen molar-refractivity contribution >= 4 is 17.5 Å². The molecule has 2 N–H and O–H groups in total. The van der Waals surface area contributed by atoms with Crippen LogP contribution in [0.5, 0.6) is 0 Å². The Balaban J connectivity index is 2.92. The molecule has 1 amide bonds. The predicted molar refractivity (Wildman–Crippen MR) is 60.6 cm³/mol. The molecule has 0 aliphatic carbocycles. The first-order valence-electron chi connectivity index (χ1n) is 4.94. The van der Waals surface area contributed by atoms with Crippen molar-refractivity contribution in [3.05, 3.63) is 24.0 Å². The zero-order valence-electron chi connectivity index (χ0n) is 9.83. The van der Waals surface area contributed by atoms with E-state index < -0.39 is 28.3 Å². The number of anilines is 2. The molecule has 0 aromatic heterocycles. The molecule has 0 atom stereocenters. The number of carbonyl (C=O) groups is 1. The van der Waals surface area contributed by atoms with Gasteiger partial charge in [-0.2, -0.15) is 0 Å². The molecule has 17 heavy (non-hydrogen) atoms. The molecular weight excluding hydrogens is 230 g/mol. The second-order valence-electron chi connectivity index (χ2n) is 4.47. The van der Waals surface area contributed by atoms with Gasteiger partial charge in [0.1, 0.15) is 17.1 Å². The molecule has 0 bridgehead atoms. The van der Waals surface area contributed by atoms with Crippen molar-refractivity contribution in [2.75, 3.05) is 10.9 Å². The van der Waals surface area contributed by atoms with Crippen molar-refractivity contribution in [1.29, 1.82) is 0 Å². The maximum atomic E-state index is 13.6. The minimum Gasteiger partial charge on any atom is -0.442 e. The fraction of sp³-hybridized carbons (Fsp3) is 0.364. The van der Waals surface area contributed by atoms with Crippen molar-refractivity contribution in [1.82, 2.24) is 0 Å². The van der Waals surface area contributed by atoms with Crippen LogP contribution in [0.1, 0.15) is 20.8 Å². The average Bonchev–Trinajstić information content (AvgIpc) is 2.18. The van der Waals surface area contributed by atoms with Crippen LogP contribution in [0, 0.1) is 5.82 Å². The van der Waals surface area contributed by atoms with Crippen molar-refractivity contribution in [3.63, 3.8) is 0 Å². The molecule has 0 fully saturated rings. The lowest BCUT2D eigenvalue weighted by atomic mass is 10.2. The lowest BCUT2D eigenvalue weighted by Crippen LogP contribution is -2.32. The first-order chi connectivity index (χ1) is 7.70. The Kier molecular flexibility index (Phi) is 3.55. The van der Waals surface area contributed by atoms with E-state index in [9.17, 15) is 13.7 Å². The number of carbonyl (C=O) groups excluding carboxylic acids is 1. The van der Waals surface area contributed by atoms with Crippen molar-refractivity contribution < 1.29 is 18.4 Å². The normalized spacial score (nSPS) is 11.1. The van der Waals surface area contributed by atoms with E-state index >= 15 is 0 Å². The molecule has 0 aliphatic heterocycles. The van der Waals surface area contributed by atoms with Gasteiger partial charge in [-0.25, -0.2) is 9.18 Å². The summed E-state index contributed by atoms with van der Waals surface area (Å²) >= 11 is 0. The van der Waals surface area contributed by atoms with E-state index in [1.165, 1.54) is 6.07 Å². The van der Waals surface area contributed by atoms with Gasteiger partial charge < -0.3 is 10.5 Å². The van der Waals surface area contributed by atoms with Crippen LogP contribution in [-0.4, -0.2) is 11.7 Å². The highest BCUT2D eigenvalue weighted by atomic mass is 19.2. The molecule has 0 radical (unpaired) electrons. The number of hydrogen-bond acceptors (Lipinski definition) is 3. The topological polar surface area (TPSA) is 55.6 Å². The Morgan fingerprint density at radius 3 is 2.53 bits per heavy atom. The van der Waals surface area contributed by atoms with Gasteiger partial charge in [0, 0.05) is 5.69 Å². The number of ether oxygens (including phenoxy) is 1. The summed E-state index contributed by atoms with van der Waals surface area (Å²) in [6, 6.07) is 3.25. The quantitative estimate of drug-likeness (QED) is 0.610.